The summed E-state index contributed by atoms with van der Waals surface area (Å²) < 4.78 is 0. The van der Waals surface area contributed by atoms with Gasteiger partial charge in [0, 0.05) is 6.42 Å². The highest BCUT2D eigenvalue weighted by atomic mass is 27.0. The van der Waals surface area contributed by atoms with Crippen molar-refractivity contribution in [1.29, 1.82) is 0 Å². The summed E-state index contributed by atoms with van der Waals surface area (Å²) in [5.41, 5.74) is 0. The minimum Gasteiger partial charge on any atom is -0.392 e. The van der Waals surface area contributed by atoms with Crippen LogP contribution in [0.2, 0.25) is 0 Å². The molecule has 3 heteroatoms. The quantitative estimate of drug-likeness (QED) is 0.427. The Labute approximate surface area is 66.4 Å². The normalized spacial score (nSPS) is 12.4. The molecule has 0 bridgehead atoms. The summed E-state index contributed by atoms with van der Waals surface area (Å²) in [5.74, 6) is 0.195. The Kier molecular flexibility index (Phi) is 8.31. The van der Waals surface area contributed by atoms with Gasteiger partial charge in [-0.3, -0.25) is 0 Å². The van der Waals surface area contributed by atoms with Crippen molar-refractivity contribution in [2.24, 2.45) is 5.92 Å². The van der Waals surface area contributed by atoms with Crippen molar-refractivity contribution in [3.8, 4) is 0 Å². The lowest BCUT2D eigenvalue weighted by Gasteiger charge is -2.08. The second-order valence-corrected chi connectivity index (χ2v) is 2.21. The predicted octanol–water partition coefficient (Wildman–Crippen LogP) is -0.592. The van der Waals surface area contributed by atoms with Gasteiger partial charge in [-0.2, -0.15) is 0 Å². The maximum Gasteiger partial charge on any atom is 0.187 e. The Bertz CT molecular complexity index is 73.5. The third kappa shape index (κ3) is 6.04. The zero-order valence-electron chi connectivity index (χ0n) is 5.29. The first-order valence-corrected chi connectivity index (χ1v) is 2.80. The highest BCUT2D eigenvalue weighted by Gasteiger charge is 2.06. The standard InChI is InChI=1S/C6H12O2.Al.3H/c1-5(2)6(8)3-4-7;;;;/h4-6,8H,3H2,1-2H3;;;;. The molecule has 9 heavy (non-hydrogen) atoms. The lowest BCUT2D eigenvalue weighted by molar-refractivity contribution is -0.110. The Morgan fingerprint density at radius 1 is 1.56 bits per heavy atom. The van der Waals surface area contributed by atoms with Crippen LogP contribution >= 0.6 is 0 Å². The molecule has 0 aromatic heterocycles. The molecule has 1 N–H and O–H groups in total. The molecular weight excluding hydrogens is 131 g/mol. The van der Waals surface area contributed by atoms with Crippen LogP contribution in [0.15, 0.2) is 0 Å². The number of hydrogen-bond acceptors (Lipinski definition) is 2. The first-order valence-electron chi connectivity index (χ1n) is 2.80. The van der Waals surface area contributed by atoms with Crippen LogP contribution in [-0.2, 0) is 4.79 Å². The topological polar surface area (TPSA) is 37.3 Å². The first kappa shape index (κ1) is 11.9. The fraction of sp³-hybridized carbons (Fsp3) is 0.833. The van der Waals surface area contributed by atoms with E-state index in [-0.39, 0.29) is 29.7 Å². The average molecular weight is 146 g/mol. The monoisotopic (exact) mass is 146 g/mol. The van der Waals surface area contributed by atoms with Crippen LogP contribution in [0.1, 0.15) is 20.3 Å². The third-order valence-corrected chi connectivity index (χ3v) is 1.11. The van der Waals surface area contributed by atoms with Gasteiger partial charge in [-0.05, 0) is 5.92 Å². The molecule has 0 fully saturated rings. The van der Waals surface area contributed by atoms with E-state index in [1.807, 2.05) is 13.8 Å². The molecule has 1 atom stereocenters. The van der Waals surface area contributed by atoms with E-state index < -0.39 is 6.10 Å². The largest absolute Gasteiger partial charge is 0.392 e. The third-order valence-electron chi connectivity index (χ3n) is 1.11. The van der Waals surface area contributed by atoms with Gasteiger partial charge in [-0.1, -0.05) is 13.8 Å². The summed E-state index contributed by atoms with van der Waals surface area (Å²) >= 11 is 0. The number of carbonyl (C=O) groups is 1. The zero-order valence-corrected chi connectivity index (χ0v) is 5.29. The zero-order chi connectivity index (χ0) is 6.57. The molecule has 0 aliphatic heterocycles. The van der Waals surface area contributed by atoms with Gasteiger partial charge in [0.2, 0.25) is 0 Å². The summed E-state index contributed by atoms with van der Waals surface area (Å²) in [4.78, 5) is 9.76. The molecule has 0 aromatic rings. The van der Waals surface area contributed by atoms with Crippen LogP contribution in [0.4, 0.5) is 0 Å². The maximum atomic E-state index is 9.76. The predicted molar refractivity (Wildman–Crippen MR) is 41.5 cm³/mol. The number of hydrogen-bond donors (Lipinski definition) is 1. The fourth-order valence-electron chi connectivity index (χ4n) is 0.371. The smallest absolute Gasteiger partial charge is 0.187 e. The summed E-state index contributed by atoms with van der Waals surface area (Å²) in [6.45, 7) is 3.77. The number of aliphatic hydroxyl groups excluding tert-OH is 1. The lowest BCUT2D eigenvalue weighted by atomic mass is 10.1. The van der Waals surface area contributed by atoms with Crippen LogP contribution in [0.3, 0.4) is 0 Å². The van der Waals surface area contributed by atoms with Crippen molar-refractivity contribution in [1.82, 2.24) is 0 Å². The van der Waals surface area contributed by atoms with Crippen LogP contribution in [0.5, 0.6) is 0 Å². The van der Waals surface area contributed by atoms with Crippen LogP contribution in [-0.4, -0.2) is 34.9 Å². The molecule has 0 spiro atoms. The summed E-state index contributed by atoms with van der Waals surface area (Å²) in [7, 11) is 0. The second-order valence-electron chi connectivity index (χ2n) is 2.21. The minimum atomic E-state index is -0.451. The van der Waals surface area contributed by atoms with Gasteiger partial charge in [0.25, 0.3) is 0 Å². The van der Waals surface area contributed by atoms with Crippen molar-refractivity contribution in [3.63, 3.8) is 0 Å². The van der Waals surface area contributed by atoms with E-state index in [0.717, 1.165) is 6.29 Å². The SMILES string of the molecule is CC(C)C(O)CC=O.[AlH3]. The van der Waals surface area contributed by atoms with Gasteiger partial charge in [0.15, 0.2) is 17.4 Å². The van der Waals surface area contributed by atoms with Gasteiger partial charge >= 0.3 is 0 Å². The van der Waals surface area contributed by atoms with Crippen molar-refractivity contribution in [3.05, 3.63) is 0 Å². The van der Waals surface area contributed by atoms with E-state index in [0.29, 0.717) is 0 Å². The van der Waals surface area contributed by atoms with Crippen molar-refractivity contribution < 1.29 is 9.90 Å². The molecule has 2 nitrogen and oxygen atoms in total. The van der Waals surface area contributed by atoms with Gasteiger partial charge in [0.05, 0.1) is 6.10 Å². The summed E-state index contributed by atoms with van der Waals surface area (Å²) in [5, 5.41) is 8.90. The molecule has 0 amide bonds. The van der Waals surface area contributed by atoms with Crippen LogP contribution < -0.4 is 0 Å². The molecule has 0 rings (SSSR count). The number of rotatable bonds is 3. The van der Waals surface area contributed by atoms with E-state index in [2.05, 4.69) is 0 Å². The minimum absolute atomic E-state index is 0. The molecular formula is C6H15AlO2. The molecule has 0 radical (unpaired) electrons. The molecule has 0 aliphatic carbocycles. The van der Waals surface area contributed by atoms with Gasteiger partial charge in [-0.15, -0.1) is 0 Å². The van der Waals surface area contributed by atoms with Gasteiger partial charge < -0.3 is 9.90 Å². The Morgan fingerprint density at radius 3 is 2.11 bits per heavy atom. The molecule has 0 saturated heterocycles. The van der Waals surface area contributed by atoms with Crippen molar-refractivity contribution >= 4 is 23.6 Å². The average Bonchev–Trinajstić information content (AvgIpc) is 1.67. The second kappa shape index (κ2) is 6.28. The molecule has 1 unspecified atom stereocenters. The van der Waals surface area contributed by atoms with Gasteiger partial charge in [0.1, 0.15) is 6.29 Å². The van der Waals surface area contributed by atoms with Crippen LogP contribution in [0.25, 0.3) is 0 Å². The van der Waals surface area contributed by atoms with E-state index in [1.165, 1.54) is 0 Å². The molecule has 0 aromatic carbocycles. The van der Waals surface area contributed by atoms with Crippen LogP contribution in [0, 0.1) is 5.92 Å². The van der Waals surface area contributed by atoms with Gasteiger partial charge in [-0.25, -0.2) is 0 Å². The molecule has 54 valence electrons. The Balaban J connectivity index is 0. The number of carbonyl (C=O) groups excluding carboxylic acids is 1. The highest BCUT2D eigenvalue weighted by Crippen LogP contribution is 2.02. The van der Waals surface area contributed by atoms with Crippen molar-refractivity contribution in [2.45, 2.75) is 26.4 Å². The fourth-order valence-corrected chi connectivity index (χ4v) is 0.371. The Morgan fingerprint density at radius 2 is 2.00 bits per heavy atom. The van der Waals surface area contributed by atoms with Crippen molar-refractivity contribution in [2.75, 3.05) is 0 Å². The number of aliphatic hydroxyl groups is 1. The maximum absolute atomic E-state index is 9.76. The first-order chi connectivity index (χ1) is 3.68. The van der Waals surface area contributed by atoms with E-state index in [4.69, 9.17) is 5.11 Å². The van der Waals surface area contributed by atoms with E-state index in [1.54, 1.807) is 0 Å². The summed E-state index contributed by atoms with van der Waals surface area (Å²) in [6.07, 6.45) is 0.551. The number of aldehydes is 1. The van der Waals surface area contributed by atoms with E-state index >= 15 is 0 Å². The molecule has 0 saturated carbocycles. The molecule has 0 aliphatic rings. The summed E-state index contributed by atoms with van der Waals surface area (Å²) in [6, 6.07) is 0. The van der Waals surface area contributed by atoms with E-state index in [9.17, 15) is 4.79 Å². The lowest BCUT2D eigenvalue weighted by Crippen LogP contribution is -2.14. The Hall–Kier alpha value is 0.162. The molecule has 0 heterocycles. The highest BCUT2D eigenvalue weighted by molar-refractivity contribution is 5.75.